The van der Waals surface area contributed by atoms with Gasteiger partial charge in [-0.25, -0.2) is 0 Å². The van der Waals surface area contributed by atoms with Gasteiger partial charge in [-0.15, -0.1) is 0 Å². The Hall–Kier alpha value is -1.22. The van der Waals surface area contributed by atoms with Crippen LogP contribution in [0.5, 0.6) is 5.75 Å². The van der Waals surface area contributed by atoms with Gasteiger partial charge >= 0.3 is 10.8 Å². The van der Waals surface area contributed by atoms with E-state index in [2.05, 4.69) is 0 Å². The lowest BCUT2D eigenvalue weighted by molar-refractivity contribution is -0.104. The fourth-order valence-electron chi connectivity index (χ4n) is 0.965. The molecule has 0 amide bonds. The van der Waals surface area contributed by atoms with Crippen LogP contribution in [-0.4, -0.2) is 17.9 Å². The van der Waals surface area contributed by atoms with Crippen LogP contribution < -0.4 is 4.74 Å². The molecule has 0 spiro atoms. The summed E-state index contributed by atoms with van der Waals surface area (Å²) in [6.07, 6.45) is 0. The van der Waals surface area contributed by atoms with Crippen LogP contribution in [0.2, 0.25) is 0 Å². The maximum atomic E-state index is 12.8. The van der Waals surface area contributed by atoms with Crippen molar-refractivity contribution in [2.24, 2.45) is 0 Å². The van der Waals surface area contributed by atoms with E-state index in [1.165, 1.54) is 31.2 Å². The summed E-state index contributed by atoms with van der Waals surface area (Å²) in [5.74, 6) is -1.00. The van der Waals surface area contributed by atoms with Gasteiger partial charge in [0.05, 0.1) is 12.7 Å². The van der Waals surface area contributed by atoms with Crippen LogP contribution in [0.4, 0.5) is 17.6 Å². The normalized spacial score (nSPS) is 11.6. The van der Waals surface area contributed by atoms with Crippen molar-refractivity contribution in [3.05, 3.63) is 29.8 Å². The fourth-order valence-corrected chi connectivity index (χ4v) is 1.06. The molecule has 92 valence electrons. The minimum absolute atomic E-state index is 0.117. The molecule has 1 rings (SSSR count). The van der Waals surface area contributed by atoms with Gasteiger partial charge < -0.3 is 4.74 Å². The van der Waals surface area contributed by atoms with Crippen molar-refractivity contribution < 1.29 is 22.3 Å². The van der Waals surface area contributed by atoms with Crippen LogP contribution in [0.25, 0.3) is 0 Å². The number of para-hydroxylation sites is 1. The number of ether oxygens (including phenoxy) is 1. The van der Waals surface area contributed by atoms with E-state index in [1.807, 2.05) is 5.92 Å². The fraction of sp³-hybridized carbons (Fsp3) is 0.273. The summed E-state index contributed by atoms with van der Waals surface area (Å²) in [6, 6.07) is 6.04. The molecule has 0 unspecified atom stereocenters. The molecule has 0 radical (unpaired) electrons. The number of benzene rings is 1. The number of methoxy groups -OCH3 is 1. The van der Waals surface area contributed by atoms with E-state index in [9.17, 15) is 17.6 Å². The number of alkyl halides is 5. The molecule has 0 aliphatic carbocycles. The molecule has 0 saturated heterocycles. The van der Waals surface area contributed by atoms with Gasteiger partial charge in [0.2, 0.25) is 0 Å². The molecule has 1 aromatic rings. The van der Waals surface area contributed by atoms with E-state index >= 15 is 0 Å². The summed E-state index contributed by atoms with van der Waals surface area (Å²) in [5.41, 5.74) is 0.117. The SMILES string of the molecule is COc1ccccc1C#CC(F)(F)C(F)(F)Br. The topological polar surface area (TPSA) is 9.23 Å². The van der Waals surface area contributed by atoms with Gasteiger partial charge in [-0.2, -0.15) is 17.6 Å². The molecule has 0 atom stereocenters. The number of hydrogen-bond donors (Lipinski definition) is 0. The third kappa shape index (κ3) is 3.37. The number of halogens is 5. The van der Waals surface area contributed by atoms with E-state index in [1.54, 1.807) is 22.0 Å². The first-order chi connectivity index (χ1) is 7.78. The largest absolute Gasteiger partial charge is 0.495 e. The van der Waals surface area contributed by atoms with Gasteiger partial charge in [0.25, 0.3) is 0 Å². The molecule has 0 N–H and O–H groups in total. The molecular formula is C11H7BrF4O. The van der Waals surface area contributed by atoms with Crippen molar-refractivity contribution in [2.45, 2.75) is 10.8 Å². The Labute approximate surface area is 104 Å². The van der Waals surface area contributed by atoms with Gasteiger partial charge in [-0.3, -0.25) is 0 Å². The highest BCUT2D eigenvalue weighted by atomic mass is 79.9. The van der Waals surface area contributed by atoms with Gasteiger partial charge in [0.1, 0.15) is 5.75 Å². The van der Waals surface area contributed by atoms with Crippen molar-refractivity contribution in [3.8, 4) is 17.6 Å². The monoisotopic (exact) mass is 310 g/mol. The Bertz CT molecular complexity index is 457. The smallest absolute Gasteiger partial charge is 0.380 e. The molecule has 17 heavy (non-hydrogen) atoms. The maximum Gasteiger partial charge on any atom is 0.380 e. The van der Waals surface area contributed by atoms with E-state index in [-0.39, 0.29) is 11.3 Å². The molecular weight excluding hydrogens is 304 g/mol. The molecule has 0 heterocycles. The van der Waals surface area contributed by atoms with Gasteiger partial charge in [0, 0.05) is 0 Å². The summed E-state index contributed by atoms with van der Waals surface area (Å²) in [6.45, 7) is 0. The van der Waals surface area contributed by atoms with E-state index in [0.29, 0.717) is 0 Å². The van der Waals surface area contributed by atoms with Crippen LogP contribution in [0.15, 0.2) is 24.3 Å². The van der Waals surface area contributed by atoms with E-state index in [0.717, 1.165) is 0 Å². The molecule has 1 aromatic carbocycles. The summed E-state index contributed by atoms with van der Waals surface area (Å²) >= 11 is 1.59. The standard InChI is InChI=1S/C11H7BrF4O/c1-17-9-5-3-2-4-8(9)6-7-10(13,14)11(12,15)16/h2-5H,1H3. The Morgan fingerprint density at radius 1 is 1.18 bits per heavy atom. The second-order valence-corrected chi connectivity index (χ2v) is 4.02. The van der Waals surface area contributed by atoms with Crippen molar-refractivity contribution in [3.63, 3.8) is 0 Å². The van der Waals surface area contributed by atoms with Gasteiger partial charge in [-0.1, -0.05) is 18.1 Å². The third-order valence-corrected chi connectivity index (χ3v) is 2.32. The molecule has 0 aliphatic heterocycles. The third-order valence-electron chi connectivity index (χ3n) is 1.82. The highest BCUT2D eigenvalue weighted by Crippen LogP contribution is 2.38. The molecule has 0 aliphatic rings. The summed E-state index contributed by atoms with van der Waals surface area (Å²) in [7, 11) is 1.33. The van der Waals surface area contributed by atoms with Crippen molar-refractivity contribution in [1.82, 2.24) is 0 Å². The average molecular weight is 311 g/mol. The Balaban J connectivity index is 3.07. The first-order valence-electron chi connectivity index (χ1n) is 4.38. The Morgan fingerprint density at radius 3 is 2.29 bits per heavy atom. The van der Waals surface area contributed by atoms with Crippen LogP contribution in [0, 0.1) is 11.8 Å². The minimum atomic E-state index is -4.45. The lowest BCUT2D eigenvalue weighted by Crippen LogP contribution is -2.33. The number of hydrogen-bond acceptors (Lipinski definition) is 1. The predicted molar refractivity (Wildman–Crippen MR) is 58.7 cm³/mol. The lowest BCUT2D eigenvalue weighted by atomic mass is 10.2. The zero-order chi connectivity index (χ0) is 13.1. The molecule has 0 fully saturated rings. The predicted octanol–water partition coefficient (Wildman–Crippen LogP) is 3.67. The first-order valence-corrected chi connectivity index (χ1v) is 5.18. The van der Waals surface area contributed by atoms with Gasteiger partial charge in [-0.05, 0) is 34.0 Å². The van der Waals surface area contributed by atoms with E-state index < -0.39 is 10.8 Å². The average Bonchev–Trinajstić information content (AvgIpc) is 2.25. The second-order valence-electron chi connectivity index (χ2n) is 3.02. The quantitative estimate of drug-likeness (QED) is 0.460. The van der Waals surface area contributed by atoms with Crippen LogP contribution in [0.3, 0.4) is 0 Å². The highest BCUT2D eigenvalue weighted by Gasteiger charge is 2.53. The molecule has 0 saturated carbocycles. The molecule has 6 heteroatoms. The summed E-state index contributed by atoms with van der Waals surface area (Å²) < 4.78 is 55.4. The zero-order valence-electron chi connectivity index (χ0n) is 8.61. The van der Waals surface area contributed by atoms with Crippen molar-refractivity contribution in [1.29, 1.82) is 0 Å². The van der Waals surface area contributed by atoms with Crippen molar-refractivity contribution in [2.75, 3.05) is 7.11 Å². The summed E-state index contributed by atoms with van der Waals surface area (Å²) in [4.78, 5) is -4.37. The van der Waals surface area contributed by atoms with Crippen LogP contribution in [-0.2, 0) is 0 Å². The first kappa shape index (κ1) is 13.8. The lowest BCUT2D eigenvalue weighted by Gasteiger charge is -2.14. The molecule has 0 bridgehead atoms. The van der Waals surface area contributed by atoms with Crippen LogP contribution >= 0.6 is 15.9 Å². The minimum Gasteiger partial charge on any atom is -0.495 e. The zero-order valence-corrected chi connectivity index (χ0v) is 10.2. The summed E-state index contributed by atoms with van der Waals surface area (Å²) in [5, 5.41) is 0. The second kappa shape index (κ2) is 4.96. The molecule has 1 nitrogen and oxygen atoms in total. The van der Waals surface area contributed by atoms with E-state index in [4.69, 9.17) is 4.74 Å². The Morgan fingerprint density at radius 2 is 1.76 bits per heavy atom. The van der Waals surface area contributed by atoms with Crippen molar-refractivity contribution >= 4 is 15.9 Å². The van der Waals surface area contributed by atoms with Gasteiger partial charge in [0.15, 0.2) is 0 Å². The van der Waals surface area contributed by atoms with Crippen LogP contribution in [0.1, 0.15) is 5.56 Å². The highest BCUT2D eigenvalue weighted by molar-refractivity contribution is 9.10. The maximum absolute atomic E-state index is 12.8. The molecule has 0 aromatic heterocycles. The Kier molecular flexibility index (Phi) is 4.04. The number of rotatable bonds is 2.